The van der Waals surface area contributed by atoms with Gasteiger partial charge in [-0.1, -0.05) is 13.8 Å². The first kappa shape index (κ1) is 8.31. The number of rotatable bonds is 4. The number of hydrogen-bond donors (Lipinski definition) is 0. The van der Waals surface area contributed by atoms with Crippen LogP contribution in [0.15, 0.2) is 12.4 Å². The Morgan fingerprint density at radius 2 is 2.18 bits per heavy atom. The Morgan fingerprint density at radius 1 is 1.36 bits per heavy atom. The molecule has 0 aliphatic carbocycles. The van der Waals surface area contributed by atoms with Crippen LogP contribution in [-0.2, 0) is 13.1 Å². The summed E-state index contributed by atoms with van der Waals surface area (Å²) in [4.78, 5) is 0. The molecule has 1 aromatic rings. The molecule has 2 heteroatoms. The molecule has 0 bridgehead atoms. The third-order valence-corrected chi connectivity index (χ3v) is 1.61. The highest BCUT2D eigenvalue weighted by Crippen LogP contribution is 1.87. The van der Waals surface area contributed by atoms with E-state index in [1.807, 2.05) is 0 Å². The average molecular weight is 152 g/mol. The van der Waals surface area contributed by atoms with Crippen LogP contribution in [0.3, 0.4) is 0 Å². The maximum Gasteiger partial charge on any atom is 0.203 e. The van der Waals surface area contributed by atoms with Gasteiger partial charge in [-0.15, -0.1) is 0 Å². The molecule has 0 N–H and O–H groups in total. The molecule has 0 aromatic carbocycles. The topological polar surface area (TPSA) is 8.81 Å². The lowest BCUT2D eigenvalue weighted by molar-refractivity contribution is -0.700. The van der Waals surface area contributed by atoms with Gasteiger partial charge in [0.2, 0.25) is 6.33 Å². The van der Waals surface area contributed by atoms with E-state index in [-0.39, 0.29) is 0 Å². The van der Waals surface area contributed by atoms with Gasteiger partial charge in [0, 0.05) is 0 Å². The van der Waals surface area contributed by atoms with E-state index in [2.05, 4.69) is 41.7 Å². The Morgan fingerprint density at radius 3 is 2.82 bits per heavy atom. The van der Waals surface area contributed by atoms with E-state index in [9.17, 15) is 0 Å². The molecule has 0 radical (unpaired) electrons. The Bertz CT molecular complexity index is 183. The predicted octanol–water partition coefficient (Wildman–Crippen LogP) is 1.40. The summed E-state index contributed by atoms with van der Waals surface area (Å²) in [5.41, 5.74) is 0. The van der Waals surface area contributed by atoms with Crippen molar-refractivity contribution in [2.24, 2.45) is 0 Å². The van der Waals surface area contributed by atoms with Crippen molar-refractivity contribution in [1.82, 2.24) is 4.57 Å². The standard InChI is InChI=1S/C9H16N2/c1-3-5-10-7-8-11(9-10)6-4-2/h7-8H,3-6H2,1-2H3. The van der Waals surface area contributed by atoms with Crippen LogP contribution in [0, 0.1) is 6.33 Å². The smallest absolute Gasteiger partial charge is 0.203 e. The van der Waals surface area contributed by atoms with Crippen LogP contribution in [-0.4, -0.2) is 4.57 Å². The van der Waals surface area contributed by atoms with E-state index >= 15 is 0 Å². The summed E-state index contributed by atoms with van der Waals surface area (Å²) in [6, 6.07) is 0. The summed E-state index contributed by atoms with van der Waals surface area (Å²) < 4.78 is 4.21. The van der Waals surface area contributed by atoms with Crippen LogP contribution in [0.25, 0.3) is 0 Å². The molecule has 0 spiro atoms. The molecule has 0 saturated heterocycles. The number of aromatic nitrogens is 2. The Hall–Kier alpha value is -0.790. The molecule has 0 fully saturated rings. The minimum absolute atomic E-state index is 1.08. The summed E-state index contributed by atoms with van der Waals surface area (Å²) in [7, 11) is 0. The molecular formula is C9H16N2. The van der Waals surface area contributed by atoms with Gasteiger partial charge < -0.3 is 9.13 Å². The van der Waals surface area contributed by atoms with E-state index < -0.39 is 0 Å². The third kappa shape index (κ3) is 2.37. The van der Waals surface area contributed by atoms with Crippen molar-refractivity contribution in [3.05, 3.63) is 18.7 Å². The minimum Gasteiger partial charge on any atom is -0.351 e. The number of hydrogen-bond acceptors (Lipinski definition) is 0. The minimum atomic E-state index is 1.08. The molecule has 1 heterocycles. The SMILES string of the molecule is CCCn1[c-][n+](CCC)cc1. The van der Waals surface area contributed by atoms with Gasteiger partial charge in [-0.25, -0.2) is 0 Å². The van der Waals surface area contributed by atoms with Crippen molar-refractivity contribution in [2.75, 3.05) is 0 Å². The lowest BCUT2D eigenvalue weighted by atomic mass is 10.5. The molecule has 0 aliphatic rings. The summed E-state index contributed by atoms with van der Waals surface area (Å²) in [5.74, 6) is 0. The highest BCUT2D eigenvalue weighted by atomic mass is 15.1. The van der Waals surface area contributed by atoms with Crippen molar-refractivity contribution in [2.45, 2.75) is 39.8 Å². The van der Waals surface area contributed by atoms with Crippen LogP contribution in [0.4, 0.5) is 0 Å². The average Bonchev–Trinajstić information content (AvgIpc) is 2.38. The van der Waals surface area contributed by atoms with Crippen LogP contribution in [0.2, 0.25) is 0 Å². The number of nitrogens with zero attached hydrogens (tertiary/aromatic N) is 2. The summed E-state index contributed by atoms with van der Waals surface area (Å²) in [6.45, 7) is 6.52. The maximum absolute atomic E-state index is 3.25. The van der Waals surface area contributed by atoms with Gasteiger partial charge in [-0.2, -0.15) is 0 Å². The molecule has 0 atom stereocenters. The molecule has 0 aliphatic heterocycles. The van der Waals surface area contributed by atoms with Crippen LogP contribution >= 0.6 is 0 Å². The fourth-order valence-electron chi connectivity index (χ4n) is 1.12. The Labute approximate surface area is 68.5 Å². The predicted molar refractivity (Wildman–Crippen MR) is 44.0 cm³/mol. The number of aryl methyl sites for hydroxylation is 2. The zero-order chi connectivity index (χ0) is 8.10. The largest absolute Gasteiger partial charge is 0.351 e. The Balaban J connectivity index is 2.51. The van der Waals surface area contributed by atoms with Crippen molar-refractivity contribution in [3.8, 4) is 0 Å². The first-order valence-electron chi connectivity index (χ1n) is 4.34. The van der Waals surface area contributed by atoms with Crippen molar-refractivity contribution in [1.29, 1.82) is 0 Å². The lowest BCUT2D eigenvalue weighted by Gasteiger charge is -1.96. The van der Waals surface area contributed by atoms with Gasteiger partial charge in [0.15, 0.2) is 0 Å². The highest BCUT2D eigenvalue weighted by Gasteiger charge is 1.91. The molecule has 1 aromatic heterocycles. The second-order valence-corrected chi connectivity index (χ2v) is 2.78. The van der Waals surface area contributed by atoms with Crippen LogP contribution in [0.5, 0.6) is 0 Å². The fourth-order valence-corrected chi connectivity index (χ4v) is 1.12. The third-order valence-electron chi connectivity index (χ3n) is 1.61. The molecule has 2 nitrogen and oxygen atoms in total. The lowest BCUT2D eigenvalue weighted by Crippen LogP contribution is -2.31. The van der Waals surface area contributed by atoms with Crippen molar-refractivity contribution < 1.29 is 4.57 Å². The molecule has 0 amide bonds. The highest BCUT2D eigenvalue weighted by molar-refractivity contribution is 4.63. The summed E-state index contributed by atoms with van der Waals surface area (Å²) in [6.07, 6.45) is 9.77. The second-order valence-electron chi connectivity index (χ2n) is 2.78. The molecule has 0 saturated carbocycles. The molecule has 1 rings (SSSR count). The van der Waals surface area contributed by atoms with Gasteiger partial charge in [0.05, 0.1) is 13.1 Å². The monoisotopic (exact) mass is 152 g/mol. The summed E-state index contributed by atoms with van der Waals surface area (Å²) in [5, 5.41) is 0. The van der Waals surface area contributed by atoms with Gasteiger partial charge >= 0.3 is 0 Å². The Kier molecular flexibility index (Phi) is 3.14. The quantitative estimate of drug-likeness (QED) is 0.455. The maximum atomic E-state index is 3.25. The van der Waals surface area contributed by atoms with Gasteiger partial charge in [0.25, 0.3) is 0 Å². The first-order valence-corrected chi connectivity index (χ1v) is 4.34. The summed E-state index contributed by atoms with van der Waals surface area (Å²) >= 11 is 0. The second kappa shape index (κ2) is 4.16. The molecular weight excluding hydrogens is 136 g/mol. The number of imidazole rings is 1. The van der Waals surface area contributed by atoms with E-state index in [0.717, 1.165) is 13.1 Å². The van der Waals surface area contributed by atoms with Crippen LogP contribution in [0.1, 0.15) is 26.7 Å². The van der Waals surface area contributed by atoms with Gasteiger partial charge in [0.1, 0.15) is 0 Å². The van der Waals surface area contributed by atoms with Crippen LogP contribution < -0.4 is 4.57 Å². The van der Waals surface area contributed by atoms with E-state index in [1.54, 1.807) is 0 Å². The zero-order valence-electron chi connectivity index (χ0n) is 7.38. The molecule has 0 unspecified atom stereocenters. The molecule has 62 valence electrons. The van der Waals surface area contributed by atoms with Gasteiger partial charge in [-0.3, -0.25) is 0 Å². The van der Waals surface area contributed by atoms with Crippen molar-refractivity contribution >= 4 is 0 Å². The van der Waals surface area contributed by atoms with E-state index in [4.69, 9.17) is 0 Å². The zero-order valence-corrected chi connectivity index (χ0v) is 7.38. The van der Waals surface area contributed by atoms with Gasteiger partial charge in [-0.05, 0) is 25.2 Å². The van der Waals surface area contributed by atoms with Crippen molar-refractivity contribution in [3.63, 3.8) is 0 Å². The molecule has 11 heavy (non-hydrogen) atoms. The normalized spacial score (nSPS) is 10.4. The first-order chi connectivity index (χ1) is 5.36. The fraction of sp³-hybridized carbons (Fsp3) is 0.667. The van der Waals surface area contributed by atoms with E-state index in [0.29, 0.717) is 0 Å². The van der Waals surface area contributed by atoms with E-state index in [1.165, 1.54) is 12.8 Å².